The van der Waals surface area contributed by atoms with Crippen molar-refractivity contribution in [2.24, 2.45) is 5.92 Å². The molecule has 3 aliphatic rings. The van der Waals surface area contributed by atoms with E-state index in [4.69, 9.17) is 4.74 Å². The average Bonchev–Trinajstić information content (AvgIpc) is 3.09. The van der Waals surface area contributed by atoms with Gasteiger partial charge in [0.25, 0.3) is 0 Å². The van der Waals surface area contributed by atoms with Crippen molar-refractivity contribution >= 4 is 0 Å². The van der Waals surface area contributed by atoms with Crippen LogP contribution in [0.15, 0.2) is 0 Å². The third-order valence-corrected chi connectivity index (χ3v) is 5.41. The fourth-order valence-electron chi connectivity index (χ4n) is 4.46. The van der Waals surface area contributed by atoms with Gasteiger partial charge < -0.3 is 10.1 Å². The number of ether oxygens (including phenoxy) is 1. The predicted octanol–water partition coefficient (Wildman–Crippen LogP) is 2.02. The van der Waals surface area contributed by atoms with Crippen LogP contribution in [0.3, 0.4) is 0 Å². The van der Waals surface area contributed by atoms with E-state index < -0.39 is 0 Å². The van der Waals surface area contributed by atoms with Crippen LogP contribution in [0.4, 0.5) is 0 Å². The zero-order valence-corrected chi connectivity index (χ0v) is 11.7. The molecule has 1 N–H and O–H groups in total. The zero-order chi connectivity index (χ0) is 12.4. The summed E-state index contributed by atoms with van der Waals surface area (Å²) in [5, 5.41) is 3.52. The Kier molecular flexibility index (Phi) is 4.22. The Hall–Kier alpha value is -0.120. The minimum atomic E-state index is 0.622. The van der Waals surface area contributed by atoms with Crippen LogP contribution >= 0.6 is 0 Å². The van der Waals surface area contributed by atoms with Gasteiger partial charge in [-0.1, -0.05) is 12.8 Å². The van der Waals surface area contributed by atoms with Crippen molar-refractivity contribution in [2.75, 3.05) is 26.8 Å². The minimum absolute atomic E-state index is 0.622. The van der Waals surface area contributed by atoms with E-state index in [0.29, 0.717) is 12.1 Å². The van der Waals surface area contributed by atoms with Gasteiger partial charge in [0.15, 0.2) is 0 Å². The molecule has 3 rings (SSSR count). The Morgan fingerprint density at radius 3 is 2.61 bits per heavy atom. The largest absolute Gasteiger partial charge is 0.380 e. The van der Waals surface area contributed by atoms with Gasteiger partial charge in [-0.05, 0) is 51.6 Å². The summed E-state index contributed by atoms with van der Waals surface area (Å²) in [5.74, 6) is 0.979. The van der Waals surface area contributed by atoms with E-state index in [0.717, 1.165) is 25.2 Å². The van der Waals surface area contributed by atoms with Gasteiger partial charge in [-0.3, -0.25) is 4.90 Å². The quantitative estimate of drug-likeness (QED) is 0.831. The van der Waals surface area contributed by atoms with E-state index in [9.17, 15) is 0 Å². The molecule has 0 aromatic carbocycles. The molecule has 2 saturated heterocycles. The van der Waals surface area contributed by atoms with E-state index in [1.165, 1.54) is 51.5 Å². The molecule has 1 saturated carbocycles. The van der Waals surface area contributed by atoms with Gasteiger partial charge in [-0.2, -0.15) is 0 Å². The molecule has 3 unspecified atom stereocenters. The molecule has 0 aromatic heterocycles. The molecular weight excluding hydrogens is 224 g/mol. The molecule has 0 radical (unpaired) electrons. The highest BCUT2D eigenvalue weighted by atomic mass is 16.5. The summed E-state index contributed by atoms with van der Waals surface area (Å²) in [4.78, 5) is 2.80. The third-order valence-electron chi connectivity index (χ3n) is 5.41. The van der Waals surface area contributed by atoms with E-state index in [1.807, 2.05) is 0 Å². The maximum absolute atomic E-state index is 5.76. The number of nitrogens with zero attached hydrogens (tertiary/aromatic N) is 1. The number of likely N-dealkylation sites (tertiary alicyclic amines) is 1. The third kappa shape index (κ3) is 2.45. The van der Waals surface area contributed by atoms with Gasteiger partial charge in [0, 0.05) is 24.7 Å². The lowest BCUT2D eigenvalue weighted by Crippen LogP contribution is -2.56. The normalized spacial score (nSPS) is 39.5. The van der Waals surface area contributed by atoms with Gasteiger partial charge in [0.2, 0.25) is 0 Å². The number of likely N-dealkylation sites (N-methyl/N-ethyl adjacent to an activating group) is 1. The highest BCUT2D eigenvalue weighted by molar-refractivity contribution is 4.95. The SMILES string of the molecule is CNC1CCOCC1N1CCCC1C1CCCC1. The second kappa shape index (κ2) is 5.89. The van der Waals surface area contributed by atoms with E-state index in [-0.39, 0.29) is 0 Å². The van der Waals surface area contributed by atoms with Crippen LogP contribution < -0.4 is 5.32 Å². The monoisotopic (exact) mass is 252 g/mol. The van der Waals surface area contributed by atoms with Crippen LogP contribution in [-0.2, 0) is 4.74 Å². The van der Waals surface area contributed by atoms with Crippen LogP contribution in [-0.4, -0.2) is 49.8 Å². The Balaban J connectivity index is 1.68. The van der Waals surface area contributed by atoms with E-state index in [1.54, 1.807) is 0 Å². The average molecular weight is 252 g/mol. The highest BCUT2D eigenvalue weighted by Gasteiger charge is 2.40. The van der Waals surface area contributed by atoms with Crippen molar-refractivity contribution in [3.63, 3.8) is 0 Å². The maximum atomic E-state index is 5.76. The van der Waals surface area contributed by atoms with Crippen LogP contribution in [0, 0.1) is 5.92 Å². The van der Waals surface area contributed by atoms with Crippen molar-refractivity contribution in [3.05, 3.63) is 0 Å². The molecule has 3 heteroatoms. The molecule has 0 spiro atoms. The first-order chi connectivity index (χ1) is 8.90. The number of nitrogens with one attached hydrogen (secondary N) is 1. The summed E-state index contributed by atoms with van der Waals surface area (Å²) in [6.07, 6.45) is 9.87. The fraction of sp³-hybridized carbons (Fsp3) is 1.00. The first kappa shape index (κ1) is 12.9. The second-order valence-corrected chi connectivity index (χ2v) is 6.32. The van der Waals surface area contributed by atoms with Crippen LogP contribution in [0.25, 0.3) is 0 Å². The lowest BCUT2D eigenvalue weighted by atomic mass is 9.93. The molecule has 3 atom stereocenters. The molecule has 104 valence electrons. The predicted molar refractivity (Wildman–Crippen MR) is 73.8 cm³/mol. The summed E-state index contributed by atoms with van der Waals surface area (Å²) < 4.78 is 5.76. The van der Waals surface area contributed by atoms with Crippen molar-refractivity contribution in [3.8, 4) is 0 Å². The van der Waals surface area contributed by atoms with Crippen LogP contribution in [0.2, 0.25) is 0 Å². The molecule has 0 bridgehead atoms. The van der Waals surface area contributed by atoms with Gasteiger partial charge in [-0.15, -0.1) is 0 Å². The van der Waals surface area contributed by atoms with Gasteiger partial charge in [-0.25, -0.2) is 0 Å². The van der Waals surface area contributed by atoms with Gasteiger partial charge >= 0.3 is 0 Å². The number of rotatable bonds is 3. The van der Waals surface area contributed by atoms with E-state index >= 15 is 0 Å². The summed E-state index contributed by atoms with van der Waals surface area (Å²) in [6, 6.07) is 2.12. The van der Waals surface area contributed by atoms with E-state index in [2.05, 4.69) is 17.3 Å². The van der Waals surface area contributed by atoms with Crippen molar-refractivity contribution in [1.82, 2.24) is 10.2 Å². The van der Waals surface area contributed by atoms with Crippen molar-refractivity contribution in [2.45, 2.75) is 63.1 Å². The summed E-state index contributed by atoms with van der Waals surface area (Å²) >= 11 is 0. The molecule has 3 nitrogen and oxygen atoms in total. The number of hydrogen-bond acceptors (Lipinski definition) is 3. The topological polar surface area (TPSA) is 24.5 Å². The van der Waals surface area contributed by atoms with Gasteiger partial charge in [0.05, 0.1) is 6.61 Å². The molecule has 0 amide bonds. The lowest BCUT2D eigenvalue weighted by molar-refractivity contribution is -0.0144. The molecule has 3 fully saturated rings. The first-order valence-corrected chi connectivity index (χ1v) is 7.91. The summed E-state index contributed by atoms with van der Waals surface area (Å²) in [7, 11) is 2.11. The molecule has 0 aromatic rings. The molecular formula is C15H28N2O. The highest BCUT2D eigenvalue weighted by Crippen LogP contribution is 2.37. The zero-order valence-electron chi connectivity index (χ0n) is 11.7. The van der Waals surface area contributed by atoms with Crippen molar-refractivity contribution < 1.29 is 4.74 Å². The smallest absolute Gasteiger partial charge is 0.0637 e. The van der Waals surface area contributed by atoms with Crippen LogP contribution in [0.1, 0.15) is 44.9 Å². The lowest BCUT2D eigenvalue weighted by Gasteiger charge is -2.42. The standard InChI is InChI=1S/C15H28N2O/c1-16-13-8-10-18-11-15(13)17-9-4-7-14(17)12-5-2-3-6-12/h12-16H,2-11H2,1H3. The van der Waals surface area contributed by atoms with Crippen LogP contribution in [0.5, 0.6) is 0 Å². The Labute approximate surface area is 111 Å². The maximum Gasteiger partial charge on any atom is 0.0637 e. The minimum Gasteiger partial charge on any atom is -0.380 e. The second-order valence-electron chi connectivity index (χ2n) is 6.32. The Bertz CT molecular complexity index is 265. The van der Waals surface area contributed by atoms with Gasteiger partial charge in [0.1, 0.15) is 0 Å². The van der Waals surface area contributed by atoms with Crippen molar-refractivity contribution in [1.29, 1.82) is 0 Å². The summed E-state index contributed by atoms with van der Waals surface area (Å²) in [5.41, 5.74) is 0. The molecule has 2 aliphatic heterocycles. The Morgan fingerprint density at radius 2 is 1.83 bits per heavy atom. The molecule has 1 aliphatic carbocycles. The first-order valence-electron chi connectivity index (χ1n) is 7.91. The molecule has 2 heterocycles. The molecule has 18 heavy (non-hydrogen) atoms. The Morgan fingerprint density at radius 1 is 1.00 bits per heavy atom. The number of hydrogen-bond donors (Lipinski definition) is 1. The fourth-order valence-corrected chi connectivity index (χ4v) is 4.46. The summed E-state index contributed by atoms with van der Waals surface area (Å²) in [6.45, 7) is 3.17.